The Hall–Kier alpha value is -1.79. The molecular weight excluding hydrogens is 376 g/mol. The van der Waals surface area contributed by atoms with Crippen LogP contribution < -0.4 is 16.0 Å². The van der Waals surface area contributed by atoms with Crippen molar-refractivity contribution in [3.63, 3.8) is 0 Å². The minimum absolute atomic E-state index is 0.0726. The van der Waals surface area contributed by atoms with Crippen LogP contribution in [-0.2, 0) is 4.79 Å². The van der Waals surface area contributed by atoms with Crippen LogP contribution in [-0.4, -0.2) is 42.1 Å². The molecule has 3 rings (SSSR count). The Bertz CT molecular complexity index is 693. The number of hydrogen-bond acceptors (Lipinski definition) is 3. The molecule has 1 amide bonds. The van der Waals surface area contributed by atoms with Crippen LogP contribution in [0.4, 0.5) is 0 Å². The lowest BCUT2D eigenvalue weighted by Gasteiger charge is -2.30. The summed E-state index contributed by atoms with van der Waals surface area (Å²) in [4.78, 5) is 16.9. The molecule has 2 aliphatic rings. The molecule has 1 aromatic rings. The molecule has 0 aliphatic heterocycles. The number of carbonyl (C=O) groups excluding carboxylic acids is 1. The summed E-state index contributed by atoms with van der Waals surface area (Å²) >= 11 is 6.16. The zero-order valence-corrected chi connectivity index (χ0v) is 17.2. The lowest BCUT2D eigenvalue weighted by molar-refractivity contribution is -0.126. The quantitative estimate of drug-likeness (QED) is 0.414. The van der Waals surface area contributed by atoms with Gasteiger partial charge in [0, 0.05) is 35.1 Å². The molecule has 0 spiro atoms. The summed E-state index contributed by atoms with van der Waals surface area (Å²) in [7, 11) is 0. The summed E-state index contributed by atoms with van der Waals surface area (Å²) in [6.07, 6.45) is 5.29. The molecule has 0 saturated heterocycles. The van der Waals surface area contributed by atoms with Gasteiger partial charge in [0.15, 0.2) is 5.96 Å². The van der Waals surface area contributed by atoms with Crippen LogP contribution in [0, 0.1) is 5.92 Å². The highest BCUT2D eigenvalue weighted by molar-refractivity contribution is 6.31. The van der Waals surface area contributed by atoms with E-state index in [1.54, 1.807) is 6.07 Å². The Morgan fingerprint density at radius 2 is 2.00 bits per heavy atom. The molecule has 7 heteroatoms. The van der Waals surface area contributed by atoms with Crippen molar-refractivity contribution in [1.82, 2.24) is 16.0 Å². The third-order valence-electron chi connectivity index (χ3n) is 5.34. The van der Waals surface area contributed by atoms with E-state index in [2.05, 4.69) is 20.9 Å². The van der Waals surface area contributed by atoms with E-state index >= 15 is 0 Å². The SMILES string of the molecule is CCNC(=NCC(O)c1ccccc1Cl)NC1CCCC(C(=O)NC2CC2)C1. The average molecular weight is 407 g/mol. The summed E-state index contributed by atoms with van der Waals surface area (Å²) in [6.45, 7) is 2.96. The van der Waals surface area contributed by atoms with Gasteiger partial charge in [-0.2, -0.15) is 0 Å². The van der Waals surface area contributed by atoms with Crippen molar-refractivity contribution in [3.05, 3.63) is 34.9 Å². The van der Waals surface area contributed by atoms with Crippen LogP contribution in [0.1, 0.15) is 57.1 Å². The molecule has 4 N–H and O–H groups in total. The molecule has 0 heterocycles. The van der Waals surface area contributed by atoms with Gasteiger partial charge in [0.25, 0.3) is 0 Å². The Morgan fingerprint density at radius 1 is 1.21 bits per heavy atom. The topological polar surface area (TPSA) is 85.8 Å². The van der Waals surface area contributed by atoms with Gasteiger partial charge in [0.2, 0.25) is 5.91 Å². The van der Waals surface area contributed by atoms with E-state index in [4.69, 9.17) is 11.6 Å². The molecule has 154 valence electrons. The molecule has 0 bridgehead atoms. The maximum Gasteiger partial charge on any atom is 0.223 e. The van der Waals surface area contributed by atoms with E-state index in [1.807, 2.05) is 25.1 Å². The molecule has 2 fully saturated rings. The Morgan fingerprint density at radius 3 is 2.71 bits per heavy atom. The first-order chi connectivity index (χ1) is 13.6. The number of aliphatic hydroxyl groups excluding tert-OH is 1. The number of carbonyl (C=O) groups is 1. The van der Waals surface area contributed by atoms with Crippen molar-refractivity contribution in [2.24, 2.45) is 10.9 Å². The number of amides is 1. The fourth-order valence-electron chi connectivity index (χ4n) is 3.64. The number of nitrogens with one attached hydrogen (secondary N) is 3. The van der Waals surface area contributed by atoms with Crippen LogP contribution in [0.3, 0.4) is 0 Å². The maximum atomic E-state index is 12.4. The number of guanidine groups is 1. The monoisotopic (exact) mass is 406 g/mol. The van der Waals surface area contributed by atoms with Crippen LogP contribution >= 0.6 is 11.6 Å². The van der Waals surface area contributed by atoms with Crippen molar-refractivity contribution in [2.75, 3.05) is 13.1 Å². The summed E-state index contributed by atoms with van der Waals surface area (Å²) in [5, 5.41) is 20.8. The van der Waals surface area contributed by atoms with Crippen LogP contribution in [0.25, 0.3) is 0 Å². The second-order valence-corrected chi connectivity index (χ2v) is 8.15. The summed E-state index contributed by atoms with van der Waals surface area (Å²) in [5.74, 6) is 0.940. The van der Waals surface area contributed by atoms with Crippen LogP contribution in [0.15, 0.2) is 29.3 Å². The van der Waals surface area contributed by atoms with Gasteiger partial charge in [-0.15, -0.1) is 0 Å². The number of benzene rings is 1. The highest BCUT2D eigenvalue weighted by Gasteiger charge is 2.31. The molecule has 3 atom stereocenters. The predicted octanol–water partition coefficient (Wildman–Crippen LogP) is 2.77. The van der Waals surface area contributed by atoms with Gasteiger partial charge in [-0.3, -0.25) is 9.79 Å². The average Bonchev–Trinajstić information content (AvgIpc) is 3.50. The van der Waals surface area contributed by atoms with Gasteiger partial charge in [0.05, 0.1) is 6.54 Å². The summed E-state index contributed by atoms with van der Waals surface area (Å²) in [6, 6.07) is 7.89. The normalized spacial score (nSPS) is 23.8. The molecule has 0 aromatic heterocycles. The first-order valence-corrected chi connectivity index (χ1v) is 10.7. The van der Waals surface area contributed by atoms with Gasteiger partial charge in [-0.1, -0.05) is 36.2 Å². The molecule has 2 aliphatic carbocycles. The zero-order chi connectivity index (χ0) is 19.9. The van der Waals surface area contributed by atoms with Crippen molar-refractivity contribution < 1.29 is 9.90 Å². The molecule has 3 unspecified atom stereocenters. The van der Waals surface area contributed by atoms with Crippen molar-refractivity contribution in [3.8, 4) is 0 Å². The zero-order valence-electron chi connectivity index (χ0n) is 16.5. The highest BCUT2D eigenvalue weighted by Crippen LogP contribution is 2.27. The second-order valence-electron chi connectivity index (χ2n) is 7.74. The van der Waals surface area contributed by atoms with E-state index in [9.17, 15) is 9.90 Å². The standard InChI is InChI=1S/C21H31ClN4O2/c1-2-23-21(24-13-19(27)17-8-3-4-9-18(17)22)26-16-7-5-6-14(12-16)20(28)25-15-10-11-15/h3-4,8-9,14-16,19,27H,2,5-7,10-13H2,1H3,(H,25,28)(H2,23,24,26). The first-order valence-electron chi connectivity index (χ1n) is 10.3. The largest absolute Gasteiger partial charge is 0.386 e. The van der Waals surface area contributed by atoms with Crippen LogP contribution in [0.2, 0.25) is 5.02 Å². The van der Waals surface area contributed by atoms with Gasteiger partial charge in [-0.05, 0) is 45.1 Å². The number of rotatable bonds is 7. The van der Waals surface area contributed by atoms with E-state index in [-0.39, 0.29) is 24.4 Å². The maximum absolute atomic E-state index is 12.4. The summed E-state index contributed by atoms with van der Waals surface area (Å²) in [5.41, 5.74) is 0.679. The Balaban J connectivity index is 1.56. The lowest BCUT2D eigenvalue weighted by Crippen LogP contribution is -2.47. The molecule has 6 nitrogen and oxygen atoms in total. The number of aliphatic imine (C=N–C) groups is 1. The van der Waals surface area contributed by atoms with Gasteiger partial charge < -0.3 is 21.1 Å². The Labute approximate surface area is 172 Å². The number of halogens is 1. The van der Waals surface area contributed by atoms with Crippen molar-refractivity contribution in [1.29, 1.82) is 0 Å². The molecule has 1 aromatic carbocycles. The van der Waals surface area contributed by atoms with Crippen LogP contribution in [0.5, 0.6) is 0 Å². The van der Waals surface area contributed by atoms with Crippen molar-refractivity contribution in [2.45, 2.75) is 63.6 Å². The Kier molecular flexibility index (Phi) is 7.57. The fraction of sp³-hybridized carbons (Fsp3) is 0.619. The van der Waals surface area contributed by atoms with Crippen molar-refractivity contribution >= 4 is 23.5 Å². The van der Waals surface area contributed by atoms with Gasteiger partial charge >= 0.3 is 0 Å². The predicted molar refractivity (Wildman–Crippen MR) is 112 cm³/mol. The molecule has 0 radical (unpaired) electrons. The number of nitrogens with zero attached hydrogens (tertiary/aromatic N) is 1. The van der Waals surface area contributed by atoms with Gasteiger partial charge in [-0.25, -0.2) is 0 Å². The summed E-state index contributed by atoms with van der Waals surface area (Å²) < 4.78 is 0. The minimum Gasteiger partial charge on any atom is -0.386 e. The molecule has 2 saturated carbocycles. The highest BCUT2D eigenvalue weighted by atomic mass is 35.5. The third-order valence-corrected chi connectivity index (χ3v) is 5.68. The second kappa shape index (κ2) is 10.1. The van der Waals surface area contributed by atoms with Gasteiger partial charge in [0.1, 0.15) is 6.10 Å². The first kappa shape index (κ1) is 20.9. The van der Waals surface area contributed by atoms with E-state index < -0.39 is 6.10 Å². The molecule has 28 heavy (non-hydrogen) atoms. The molecular formula is C21H31ClN4O2. The number of aliphatic hydroxyl groups is 1. The van der Waals surface area contributed by atoms with E-state index in [1.165, 1.54) is 0 Å². The third kappa shape index (κ3) is 6.11. The van der Waals surface area contributed by atoms with E-state index in [0.29, 0.717) is 22.6 Å². The van der Waals surface area contributed by atoms with E-state index in [0.717, 1.165) is 45.1 Å². The smallest absolute Gasteiger partial charge is 0.223 e. The number of hydrogen-bond donors (Lipinski definition) is 4. The lowest BCUT2D eigenvalue weighted by atomic mass is 9.85. The minimum atomic E-state index is -0.757. The fourth-order valence-corrected chi connectivity index (χ4v) is 3.90.